The Morgan fingerprint density at radius 3 is 3.00 bits per heavy atom. The maximum absolute atomic E-state index is 13.1. The molecule has 1 saturated carbocycles. The maximum Gasteiger partial charge on any atom is 0.344 e. The smallest absolute Gasteiger partial charge is 0.267 e. The van der Waals surface area contributed by atoms with Crippen LogP contribution in [-0.2, 0) is 0 Å². The van der Waals surface area contributed by atoms with Gasteiger partial charge < -0.3 is 0 Å². The first-order chi connectivity index (χ1) is 9.19. The molecule has 1 fully saturated rings. The van der Waals surface area contributed by atoms with Gasteiger partial charge in [-0.25, -0.2) is 14.3 Å². The minimum Gasteiger partial charge on any atom is -0.267 e. The average Bonchev–Trinajstić information content (AvgIpc) is 3.17. The summed E-state index contributed by atoms with van der Waals surface area (Å²) in [5, 5.41) is 15.9. The molecule has 0 spiro atoms. The Morgan fingerprint density at radius 2 is 2.32 bits per heavy atom. The number of nitrogens with one attached hydrogen (secondary N) is 1. The Morgan fingerprint density at radius 1 is 1.53 bits per heavy atom. The highest BCUT2D eigenvalue weighted by Crippen LogP contribution is 2.38. The zero-order valence-electron chi connectivity index (χ0n) is 9.76. The highest BCUT2D eigenvalue weighted by atomic mass is 32.2. The van der Waals surface area contributed by atoms with Gasteiger partial charge in [-0.3, -0.25) is 4.57 Å². The first kappa shape index (κ1) is 12.0. The Hall–Kier alpha value is -2.07. The van der Waals surface area contributed by atoms with E-state index in [0.717, 1.165) is 12.8 Å². The lowest BCUT2D eigenvalue weighted by atomic mass is 10.2. The first-order valence-electron chi connectivity index (χ1n) is 5.73. The summed E-state index contributed by atoms with van der Waals surface area (Å²) in [6.45, 7) is 0. The van der Waals surface area contributed by atoms with E-state index < -0.39 is 5.82 Å². The predicted octanol–water partition coefficient (Wildman–Crippen LogP) is 2.07. The number of benzene rings is 1. The fourth-order valence-corrected chi connectivity index (χ4v) is 2.76. The molecule has 5 nitrogen and oxygen atoms in total. The fraction of sp³-hybridized carbons (Fsp3) is 0.250. The summed E-state index contributed by atoms with van der Waals surface area (Å²) in [5.41, 5.74) is -0.00610. The van der Waals surface area contributed by atoms with E-state index in [4.69, 9.17) is 5.26 Å². The summed E-state index contributed by atoms with van der Waals surface area (Å²) in [4.78, 5) is 12.2. The molecule has 3 rings (SSSR count). The Kier molecular flexibility index (Phi) is 2.87. The average molecular weight is 276 g/mol. The topological polar surface area (TPSA) is 74.5 Å². The summed E-state index contributed by atoms with van der Waals surface area (Å²) < 4.78 is 14.6. The van der Waals surface area contributed by atoms with Crippen molar-refractivity contribution in [1.82, 2.24) is 14.8 Å². The molecule has 1 aliphatic carbocycles. The van der Waals surface area contributed by atoms with Crippen LogP contribution in [0.2, 0.25) is 0 Å². The third-order valence-corrected chi connectivity index (χ3v) is 3.89. The normalized spacial score (nSPS) is 14.3. The van der Waals surface area contributed by atoms with Gasteiger partial charge in [-0.05, 0) is 42.8 Å². The van der Waals surface area contributed by atoms with E-state index in [1.807, 2.05) is 6.07 Å². The van der Waals surface area contributed by atoms with Crippen LogP contribution in [0.3, 0.4) is 0 Å². The van der Waals surface area contributed by atoms with Gasteiger partial charge in [0.1, 0.15) is 11.9 Å². The van der Waals surface area contributed by atoms with Crippen molar-refractivity contribution in [2.75, 3.05) is 0 Å². The first-order valence-corrected chi connectivity index (χ1v) is 6.55. The van der Waals surface area contributed by atoms with Crippen LogP contribution in [0.5, 0.6) is 0 Å². The molecule has 1 aromatic carbocycles. The van der Waals surface area contributed by atoms with Gasteiger partial charge in [0.15, 0.2) is 5.16 Å². The number of H-pyrrole nitrogens is 1. The zero-order chi connectivity index (χ0) is 13.4. The quantitative estimate of drug-likeness (QED) is 0.931. The number of hydrogen-bond acceptors (Lipinski definition) is 4. The zero-order valence-corrected chi connectivity index (χ0v) is 10.6. The maximum atomic E-state index is 13.1. The van der Waals surface area contributed by atoms with Crippen molar-refractivity contribution in [1.29, 1.82) is 5.26 Å². The van der Waals surface area contributed by atoms with Crippen molar-refractivity contribution in [3.63, 3.8) is 0 Å². The third kappa shape index (κ3) is 2.27. The number of aromatic nitrogens is 3. The molecule has 1 N–H and O–H groups in total. The van der Waals surface area contributed by atoms with Crippen LogP contribution < -0.4 is 5.69 Å². The van der Waals surface area contributed by atoms with Crippen molar-refractivity contribution < 1.29 is 4.39 Å². The van der Waals surface area contributed by atoms with E-state index in [9.17, 15) is 9.18 Å². The molecule has 1 heterocycles. The molecule has 7 heteroatoms. The number of hydrogen-bond donors (Lipinski definition) is 1. The highest BCUT2D eigenvalue weighted by molar-refractivity contribution is 7.99. The highest BCUT2D eigenvalue weighted by Gasteiger charge is 2.29. The van der Waals surface area contributed by atoms with E-state index in [2.05, 4.69) is 10.2 Å². The van der Waals surface area contributed by atoms with E-state index >= 15 is 0 Å². The van der Waals surface area contributed by atoms with Gasteiger partial charge in [-0.2, -0.15) is 5.26 Å². The second-order valence-electron chi connectivity index (χ2n) is 4.27. The summed E-state index contributed by atoms with van der Waals surface area (Å²) in [6.07, 6.45) is 1.92. The van der Waals surface area contributed by atoms with Crippen LogP contribution in [0.4, 0.5) is 4.39 Å². The fourth-order valence-electron chi connectivity index (χ4n) is 1.79. The summed E-state index contributed by atoms with van der Waals surface area (Å²) in [7, 11) is 0. The largest absolute Gasteiger partial charge is 0.344 e. The van der Waals surface area contributed by atoms with E-state index in [-0.39, 0.29) is 17.3 Å². The van der Waals surface area contributed by atoms with Crippen molar-refractivity contribution in [3.05, 3.63) is 40.1 Å². The molecule has 0 bridgehead atoms. The predicted molar refractivity (Wildman–Crippen MR) is 66.4 cm³/mol. The standard InChI is InChI=1S/C12H9FN4OS/c13-8-1-4-10(7(5-8)6-14)19-12-16-15-11(18)17(12)9-2-3-9/h1,4-5,9H,2-3H2,(H,15,18). The SMILES string of the molecule is N#Cc1cc(F)ccc1Sc1n[nH]c(=O)n1C1CC1. The molecule has 2 aromatic rings. The van der Waals surface area contributed by atoms with Gasteiger partial charge in [-0.1, -0.05) is 0 Å². The lowest BCUT2D eigenvalue weighted by molar-refractivity contribution is 0.625. The minimum atomic E-state index is -0.456. The lowest BCUT2D eigenvalue weighted by Gasteiger charge is -2.04. The number of halogens is 1. The van der Waals surface area contributed by atoms with Gasteiger partial charge in [0, 0.05) is 10.9 Å². The Labute approximate surface area is 112 Å². The monoisotopic (exact) mass is 276 g/mol. The van der Waals surface area contributed by atoms with Crippen molar-refractivity contribution >= 4 is 11.8 Å². The van der Waals surface area contributed by atoms with Gasteiger partial charge in [0.25, 0.3) is 0 Å². The summed E-state index contributed by atoms with van der Waals surface area (Å²) in [6, 6.07) is 6.12. The van der Waals surface area contributed by atoms with Crippen LogP contribution in [0.1, 0.15) is 24.4 Å². The van der Waals surface area contributed by atoms with Gasteiger partial charge in [0.2, 0.25) is 0 Å². The third-order valence-electron chi connectivity index (χ3n) is 2.85. The van der Waals surface area contributed by atoms with Gasteiger partial charge in [-0.15, -0.1) is 5.10 Å². The second-order valence-corrected chi connectivity index (χ2v) is 5.28. The molecule has 1 aromatic heterocycles. The van der Waals surface area contributed by atoms with E-state index in [1.54, 1.807) is 4.57 Å². The molecule has 0 amide bonds. The van der Waals surface area contributed by atoms with Gasteiger partial charge >= 0.3 is 5.69 Å². The molecule has 0 radical (unpaired) electrons. The molecule has 1 aliphatic rings. The summed E-state index contributed by atoms with van der Waals surface area (Å²) in [5.74, 6) is -0.456. The molecule has 19 heavy (non-hydrogen) atoms. The Bertz CT molecular complexity index is 726. The number of aromatic amines is 1. The molecular weight excluding hydrogens is 267 g/mol. The lowest BCUT2D eigenvalue weighted by Crippen LogP contribution is -2.16. The number of nitriles is 1. The molecule has 0 atom stereocenters. The van der Waals surface area contributed by atoms with Crippen molar-refractivity contribution in [2.24, 2.45) is 0 Å². The molecule has 0 saturated heterocycles. The van der Waals surface area contributed by atoms with Crippen molar-refractivity contribution in [2.45, 2.75) is 28.9 Å². The van der Waals surface area contributed by atoms with Crippen LogP contribution in [0, 0.1) is 17.1 Å². The summed E-state index contributed by atoms with van der Waals surface area (Å²) >= 11 is 1.19. The van der Waals surface area contributed by atoms with Gasteiger partial charge in [0.05, 0.1) is 5.56 Å². The molecule has 0 aliphatic heterocycles. The van der Waals surface area contributed by atoms with E-state index in [1.165, 1.54) is 30.0 Å². The number of nitrogens with zero attached hydrogens (tertiary/aromatic N) is 3. The molecular formula is C12H9FN4OS. The number of rotatable bonds is 3. The Balaban J connectivity index is 1.98. The van der Waals surface area contributed by atoms with Crippen molar-refractivity contribution in [3.8, 4) is 6.07 Å². The molecule has 96 valence electrons. The van der Waals surface area contributed by atoms with Crippen LogP contribution in [-0.4, -0.2) is 14.8 Å². The minimum absolute atomic E-state index is 0.194. The van der Waals surface area contributed by atoms with Crippen LogP contribution >= 0.6 is 11.8 Å². The molecule has 0 unspecified atom stereocenters. The van der Waals surface area contributed by atoms with Crippen LogP contribution in [0.15, 0.2) is 33.0 Å². The van der Waals surface area contributed by atoms with E-state index in [0.29, 0.717) is 10.1 Å². The second kappa shape index (κ2) is 4.55. The van der Waals surface area contributed by atoms with Crippen LogP contribution in [0.25, 0.3) is 0 Å².